The zero-order chi connectivity index (χ0) is 26.3. The summed E-state index contributed by atoms with van der Waals surface area (Å²) in [5.41, 5.74) is 0. The van der Waals surface area contributed by atoms with Crippen LogP contribution in [-0.4, -0.2) is 31.2 Å². The van der Waals surface area contributed by atoms with Crippen molar-refractivity contribution in [1.29, 1.82) is 0 Å². The third-order valence-electron chi connectivity index (χ3n) is 7.73. The van der Waals surface area contributed by atoms with Gasteiger partial charge in [0.1, 0.15) is 6.04 Å². The second-order valence-corrected chi connectivity index (χ2v) is 11.6. The highest BCUT2D eigenvalue weighted by Gasteiger charge is 2.25. The van der Waals surface area contributed by atoms with Crippen molar-refractivity contribution in [2.24, 2.45) is 11.8 Å². The van der Waals surface area contributed by atoms with Crippen molar-refractivity contribution in [1.82, 2.24) is 10.6 Å². The maximum atomic E-state index is 12.6. The molecule has 1 atom stereocenters. The summed E-state index contributed by atoms with van der Waals surface area (Å²) in [7, 11) is 0. The zero-order valence-corrected chi connectivity index (χ0v) is 24.2. The van der Waals surface area contributed by atoms with Crippen molar-refractivity contribution >= 4 is 12.0 Å². The summed E-state index contributed by atoms with van der Waals surface area (Å²) in [6.45, 7) is 7.35. The lowest BCUT2D eigenvalue weighted by atomic mass is 9.90. The van der Waals surface area contributed by atoms with E-state index in [1.54, 1.807) is 0 Å². The summed E-state index contributed by atoms with van der Waals surface area (Å²) < 4.78 is 5.42. The van der Waals surface area contributed by atoms with Crippen LogP contribution in [0.3, 0.4) is 0 Å². The normalized spacial score (nSPS) is 15.1. The Balaban J connectivity index is 1.95. The van der Waals surface area contributed by atoms with Crippen LogP contribution in [0.4, 0.5) is 4.79 Å². The summed E-state index contributed by atoms with van der Waals surface area (Å²) in [5, 5.41) is 5.80. The highest BCUT2D eigenvalue weighted by molar-refractivity contribution is 5.85. The van der Waals surface area contributed by atoms with E-state index in [-0.39, 0.29) is 11.8 Å². The van der Waals surface area contributed by atoms with Crippen molar-refractivity contribution in [2.75, 3.05) is 13.2 Å². The number of nitrogens with one attached hydrogen (secondary N) is 2. The van der Waals surface area contributed by atoms with Crippen LogP contribution in [0.25, 0.3) is 0 Å². The van der Waals surface area contributed by atoms with Crippen molar-refractivity contribution in [3.63, 3.8) is 0 Å². The summed E-state index contributed by atoms with van der Waals surface area (Å²) in [6, 6.07) is -0.537. The zero-order valence-electron chi connectivity index (χ0n) is 24.2. The quantitative estimate of drug-likeness (QED) is 0.144. The van der Waals surface area contributed by atoms with Gasteiger partial charge in [0.25, 0.3) is 0 Å². The summed E-state index contributed by atoms with van der Waals surface area (Å²) in [6.07, 6.45) is 27.1. The molecule has 1 rings (SSSR count). The second-order valence-electron chi connectivity index (χ2n) is 11.6. The number of rotatable bonds is 22. The van der Waals surface area contributed by atoms with Crippen LogP contribution in [0.5, 0.6) is 0 Å². The SMILES string of the molecule is CCCCCCCCCCCCCCCCCCNC(=O)C(NC(=O)OCC1CCCCC1)C(C)C. The summed E-state index contributed by atoms with van der Waals surface area (Å²) >= 11 is 0. The minimum atomic E-state index is -0.537. The molecule has 5 heteroatoms. The fraction of sp³-hybridized carbons (Fsp3) is 0.935. The topological polar surface area (TPSA) is 67.4 Å². The Morgan fingerprint density at radius 1 is 0.722 bits per heavy atom. The first kappa shape index (κ1) is 32.8. The Bertz CT molecular complexity index is 532. The molecule has 0 aromatic heterocycles. The van der Waals surface area contributed by atoms with E-state index < -0.39 is 12.1 Å². The number of hydrogen-bond donors (Lipinski definition) is 2. The molecule has 212 valence electrons. The van der Waals surface area contributed by atoms with Gasteiger partial charge < -0.3 is 15.4 Å². The highest BCUT2D eigenvalue weighted by atomic mass is 16.5. The van der Waals surface area contributed by atoms with Crippen molar-refractivity contribution < 1.29 is 14.3 Å². The molecule has 0 aliphatic heterocycles. The predicted molar refractivity (Wildman–Crippen MR) is 152 cm³/mol. The van der Waals surface area contributed by atoms with Gasteiger partial charge in [-0.3, -0.25) is 4.79 Å². The van der Waals surface area contributed by atoms with Gasteiger partial charge in [0, 0.05) is 6.54 Å². The van der Waals surface area contributed by atoms with Gasteiger partial charge in [0.2, 0.25) is 5.91 Å². The monoisotopic (exact) mass is 508 g/mol. The largest absolute Gasteiger partial charge is 0.449 e. The molecule has 1 saturated carbocycles. The minimum absolute atomic E-state index is 0.0259. The lowest BCUT2D eigenvalue weighted by Crippen LogP contribution is -2.50. The Morgan fingerprint density at radius 2 is 1.19 bits per heavy atom. The molecule has 36 heavy (non-hydrogen) atoms. The standard InChI is InChI=1S/C31H60N2O3/c1-4-5-6-7-8-9-10-11-12-13-14-15-16-17-18-22-25-32-30(34)29(27(2)3)33-31(35)36-26-28-23-20-19-21-24-28/h27-29H,4-26H2,1-3H3,(H,32,34)(H,33,35). The van der Waals surface area contributed by atoms with Crippen LogP contribution in [-0.2, 0) is 9.53 Å². The first-order chi connectivity index (χ1) is 17.5. The van der Waals surface area contributed by atoms with Gasteiger partial charge in [-0.2, -0.15) is 0 Å². The molecule has 0 spiro atoms. The Kier molecular flexibility index (Phi) is 20.8. The molecule has 1 aliphatic rings. The van der Waals surface area contributed by atoms with Gasteiger partial charge in [-0.25, -0.2) is 4.79 Å². The number of unbranched alkanes of at least 4 members (excludes halogenated alkanes) is 15. The molecule has 5 nitrogen and oxygen atoms in total. The molecule has 2 N–H and O–H groups in total. The number of carbonyl (C=O) groups excluding carboxylic acids is 2. The van der Waals surface area contributed by atoms with E-state index in [9.17, 15) is 9.59 Å². The van der Waals surface area contributed by atoms with Gasteiger partial charge in [-0.05, 0) is 31.1 Å². The van der Waals surface area contributed by atoms with Gasteiger partial charge in [0.05, 0.1) is 6.61 Å². The number of carbonyl (C=O) groups is 2. The lowest BCUT2D eigenvalue weighted by Gasteiger charge is -2.24. The average molecular weight is 509 g/mol. The Morgan fingerprint density at radius 3 is 1.67 bits per heavy atom. The number of amides is 2. The van der Waals surface area contributed by atoms with Crippen LogP contribution in [0.2, 0.25) is 0 Å². The first-order valence-corrected chi connectivity index (χ1v) is 15.8. The van der Waals surface area contributed by atoms with Crippen LogP contribution >= 0.6 is 0 Å². The molecule has 0 saturated heterocycles. The Labute approximate surface area is 223 Å². The molecular formula is C31H60N2O3. The molecule has 0 bridgehead atoms. The molecule has 0 aromatic carbocycles. The van der Waals surface area contributed by atoms with Crippen molar-refractivity contribution in [3.8, 4) is 0 Å². The van der Waals surface area contributed by atoms with Gasteiger partial charge in [-0.15, -0.1) is 0 Å². The van der Waals surface area contributed by atoms with Gasteiger partial charge >= 0.3 is 6.09 Å². The fourth-order valence-electron chi connectivity index (χ4n) is 5.25. The Hall–Kier alpha value is -1.26. The number of alkyl carbamates (subject to hydrolysis) is 1. The van der Waals surface area contributed by atoms with Crippen molar-refractivity contribution in [2.45, 2.75) is 162 Å². The second kappa shape index (κ2) is 22.9. The lowest BCUT2D eigenvalue weighted by molar-refractivity contribution is -0.124. The van der Waals surface area contributed by atoms with Crippen LogP contribution in [0.15, 0.2) is 0 Å². The average Bonchev–Trinajstić information content (AvgIpc) is 2.88. The summed E-state index contributed by atoms with van der Waals surface area (Å²) in [4.78, 5) is 24.8. The van der Waals surface area contributed by atoms with Gasteiger partial charge in [0.15, 0.2) is 0 Å². The molecular weight excluding hydrogens is 448 g/mol. The fourth-order valence-corrected chi connectivity index (χ4v) is 5.25. The molecule has 0 radical (unpaired) electrons. The molecule has 1 aliphatic carbocycles. The molecule has 0 aromatic rings. The van der Waals surface area contributed by atoms with E-state index in [2.05, 4.69) is 17.6 Å². The highest BCUT2D eigenvalue weighted by Crippen LogP contribution is 2.23. The smallest absolute Gasteiger partial charge is 0.407 e. The van der Waals surface area contributed by atoms with E-state index in [4.69, 9.17) is 4.74 Å². The van der Waals surface area contributed by atoms with Crippen molar-refractivity contribution in [3.05, 3.63) is 0 Å². The van der Waals surface area contributed by atoms with E-state index in [1.165, 1.54) is 109 Å². The maximum Gasteiger partial charge on any atom is 0.407 e. The molecule has 2 amide bonds. The van der Waals surface area contributed by atoms with Crippen LogP contribution < -0.4 is 10.6 Å². The van der Waals surface area contributed by atoms with Crippen LogP contribution in [0, 0.1) is 11.8 Å². The first-order valence-electron chi connectivity index (χ1n) is 15.8. The summed E-state index contributed by atoms with van der Waals surface area (Å²) in [5.74, 6) is 0.407. The predicted octanol–water partition coefficient (Wildman–Crippen LogP) is 8.70. The van der Waals surface area contributed by atoms with E-state index >= 15 is 0 Å². The molecule has 0 heterocycles. The minimum Gasteiger partial charge on any atom is -0.449 e. The number of ether oxygens (including phenoxy) is 1. The van der Waals surface area contributed by atoms with E-state index in [0.717, 1.165) is 25.7 Å². The number of hydrogen-bond acceptors (Lipinski definition) is 3. The molecule has 1 unspecified atom stereocenters. The van der Waals surface area contributed by atoms with Crippen LogP contribution in [0.1, 0.15) is 156 Å². The van der Waals surface area contributed by atoms with E-state index in [1.807, 2.05) is 13.8 Å². The third-order valence-corrected chi connectivity index (χ3v) is 7.73. The molecule has 1 fully saturated rings. The third kappa shape index (κ3) is 18.1. The van der Waals surface area contributed by atoms with Gasteiger partial charge in [-0.1, -0.05) is 136 Å². The van der Waals surface area contributed by atoms with E-state index in [0.29, 0.717) is 19.1 Å². The maximum absolute atomic E-state index is 12.6.